The highest BCUT2D eigenvalue weighted by molar-refractivity contribution is 7.45. The second kappa shape index (κ2) is 58.4. The number of hydrogen-bond donors (Lipinski definition) is 0. The van der Waals surface area contributed by atoms with Crippen LogP contribution in [-0.2, 0) is 32.7 Å². The maximum Gasteiger partial charge on any atom is 0.306 e. The zero-order valence-corrected chi connectivity index (χ0v) is 52.1. The number of quaternary nitrogens is 1. The normalized spacial score (nSPS) is 13.6. The minimum absolute atomic E-state index is 0.0386. The summed E-state index contributed by atoms with van der Waals surface area (Å²) in [5, 5.41) is 0. The minimum atomic E-state index is -4.65. The lowest BCUT2D eigenvalue weighted by Gasteiger charge is -2.28. The van der Waals surface area contributed by atoms with Crippen LogP contribution in [0, 0.1) is 0 Å². The lowest BCUT2D eigenvalue weighted by Crippen LogP contribution is -2.37. The number of phosphoric acid groups is 1. The SMILES string of the molecule is CC/C=C\C/C=C\C/C=C\C/C=C\C/C=C\CCCCCC(=O)OC(COC(=O)CCCCCCCCCCCCCCCCCCCCCCCCCCCCCCCCCCCC)COP(=O)([O-])OCC[N+](C)(C)C. The van der Waals surface area contributed by atoms with Crippen LogP contribution in [0.3, 0.4) is 0 Å². The summed E-state index contributed by atoms with van der Waals surface area (Å²) in [6.07, 6.45) is 76.0. The van der Waals surface area contributed by atoms with Gasteiger partial charge in [-0.1, -0.05) is 293 Å². The molecule has 0 aromatic carbocycles. The molecule has 77 heavy (non-hydrogen) atoms. The number of ether oxygens (including phenoxy) is 2. The molecule has 0 spiro atoms. The van der Waals surface area contributed by atoms with Crippen molar-refractivity contribution in [1.29, 1.82) is 0 Å². The number of nitrogens with zero attached hydrogens (tertiary/aromatic N) is 1. The van der Waals surface area contributed by atoms with Gasteiger partial charge in [-0.25, -0.2) is 0 Å². The molecule has 0 heterocycles. The van der Waals surface area contributed by atoms with Gasteiger partial charge in [-0.15, -0.1) is 0 Å². The van der Waals surface area contributed by atoms with Gasteiger partial charge in [0.25, 0.3) is 7.82 Å². The van der Waals surface area contributed by atoms with Crippen LogP contribution in [0.25, 0.3) is 0 Å². The molecule has 10 heteroatoms. The third kappa shape index (κ3) is 62.8. The quantitative estimate of drug-likeness (QED) is 0.0195. The lowest BCUT2D eigenvalue weighted by molar-refractivity contribution is -0.870. The average molecular weight is 1100 g/mol. The van der Waals surface area contributed by atoms with E-state index in [1.807, 2.05) is 21.1 Å². The number of likely N-dealkylation sites (N-methyl/N-ethyl adjacent to an activating group) is 1. The fourth-order valence-electron chi connectivity index (χ4n) is 9.33. The first kappa shape index (κ1) is 74.7. The van der Waals surface area contributed by atoms with Gasteiger partial charge in [-0.3, -0.25) is 14.2 Å². The van der Waals surface area contributed by atoms with Gasteiger partial charge in [-0.05, 0) is 57.8 Å². The van der Waals surface area contributed by atoms with Gasteiger partial charge in [0.15, 0.2) is 6.10 Å². The van der Waals surface area contributed by atoms with E-state index in [2.05, 4.69) is 74.6 Å². The van der Waals surface area contributed by atoms with Gasteiger partial charge in [0.1, 0.15) is 19.8 Å². The van der Waals surface area contributed by atoms with Crippen LogP contribution in [0.2, 0.25) is 0 Å². The number of esters is 2. The Hall–Kier alpha value is -2.29. The molecule has 0 bridgehead atoms. The Bertz CT molecular complexity index is 1480. The average Bonchev–Trinajstić information content (AvgIpc) is 3.39. The van der Waals surface area contributed by atoms with Gasteiger partial charge in [-0.2, -0.15) is 0 Å². The zero-order valence-electron chi connectivity index (χ0n) is 51.2. The van der Waals surface area contributed by atoms with E-state index in [9.17, 15) is 19.0 Å². The van der Waals surface area contributed by atoms with Crippen LogP contribution in [0.1, 0.15) is 303 Å². The maximum absolute atomic E-state index is 12.8. The van der Waals surface area contributed by atoms with Crippen molar-refractivity contribution >= 4 is 19.8 Å². The van der Waals surface area contributed by atoms with E-state index in [4.69, 9.17) is 18.5 Å². The highest BCUT2D eigenvalue weighted by atomic mass is 31.2. The predicted molar refractivity (Wildman–Crippen MR) is 328 cm³/mol. The van der Waals surface area contributed by atoms with Crippen molar-refractivity contribution in [3.05, 3.63) is 60.8 Å². The van der Waals surface area contributed by atoms with Gasteiger partial charge >= 0.3 is 11.9 Å². The first-order valence-electron chi connectivity index (χ1n) is 32.5. The predicted octanol–water partition coefficient (Wildman–Crippen LogP) is 20.0. The molecule has 0 aromatic heterocycles. The Morgan fingerprint density at radius 2 is 0.740 bits per heavy atom. The van der Waals surface area contributed by atoms with Gasteiger partial charge in [0.05, 0.1) is 27.7 Å². The number of carbonyl (C=O) groups excluding carboxylic acids is 2. The molecule has 0 radical (unpaired) electrons. The highest BCUT2D eigenvalue weighted by Gasteiger charge is 2.22. The fourth-order valence-corrected chi connectivity index (χ4v) is 10.1. The van der Waals surface area contributed by atoms with Crippen molar-refractivity contribution in [3.8, 4) is 0 Å². The lowest BCUT2D eigenvalue weighted by atomic mass is 10.0. The Labute approximate surface area is 476 Å². The van der Waals surface area contributed by atoms with Gasteiger partial charge < -0.3 is 27.9 Å². The van der Waals surface area contributed by atoms with Crippen LogP contribution in [0.15, 0.2) is 60.8 Å². The molecule has 0 fully saturated rings. The molecule has 0 N–H and O–H groups in total. The molecule has 0 rings (SSSR count). The van der Waals surface area contributed by atoms with Crippen molar-refractivity contribution in [2.45, 2.75) is 309 Å². The molecule has 0 saturated carbocycles. The molecular weight excluding hydrogens is 978 g/mol. The molecule has 0 saturated heterocycles. The first-order chi connectivity index (χ1) is 37.5. The number of rotatable bonds is 60. The van der Waals surface area contributed by atoms with Crippen LogP contribution in [0.4, 0.5) is 0 Å². The first-order valence-corrected chi connectivity index (χ1v) is 34.0. The van der Waals surface area contributed by atoms with Crippen LogP contribution < -0.4 is 4.89 Å². The standard InChI is InChI=1S/C67H124NO8P/c1-6-8-10-12-14-16-18-20-22-24-26-27-28-29-30-31-32-33-34-35-36-37-38-39-40-42-43-45-47-49-51-53-55-57-59-66(69)73-63-65(64-75-77(71,72)74-62-61-68(3,4)5)76-67(70)60-58-56-54-52-50-48-46-44-41-25-23-21-19-17-15-13-11-9-7-2/h9,11,15,17,21,23,41,44,48,50,65H,6-8,10,12-14,16,18-20,22,24-40,42-43,45-47,49,51-64H2,1-5H3/b11-9-,17-15-,23-21-,44-41-,50-48-. The molecule has 0 aliphatic carbocycles. The summed E-state index contributed by atoms with van der Waals surface area (Å²) >= 11 is 0. The number of phosphoric ester groups is 1. The molecule has 0 aromatic rings. The molecule has 450 valence electrons. The summed E-state index contributed by atoms with van der Waals surface area (Å²) in [7, 11) is 1.15. The summed E-state index contributed by atoms with van der Waals surface area (Å²) in [4.78, 5) is 37.9. The molecule has 9 nitrogen and oxygen atoms in total. The minimum Gasteiger partial charge on any atom is -0.756 e. The third-order valence-corrected chi connectivity index (χ3v) is 15.3. The molecule has 0 amide bonds. The molecule has 0 aliphatic rings. The van der Waals surface area contributed by atoms with Crippen molar-refractivity contribution in [2.24, 2.45) is 0 Å². The highest BCUT2D eigenvalue weighted by Crippen LogP contribution is 2.38. The second-order valence-corrected chi connectivity index (χ2v) is 24.5. The van der Waals surface area contributed by atoms with Crippen LogP contribution in [0.5, 0.6) is 0 Å². The van der Waals surface area contributed by atoms with Crippen molar-refractivity contribution in [2.75, 3.05) is 47.5 Å². The Morgan fingerprint density at radius 3 is 1.10 bits per heavy atom. The van der Waals surface area contributed by atoms with Crippen LogP contribution >= 0.6 is 7.82 Å². The van der Waals surface area contributed by atoms with Gasteiger partial charge in [0, 0.05) is 12.8 Å². The van der Waals surface area contributed by atoms with E-state index in [1.54, 1.807) is 0 Å². The van der Waals surface area contributed by atoms with E-state index < -0.39 is 26.5 Å². The Kier molecular flexibility index (Phi) is 56.6. The van der Waals surface area contributed by atoms with Crippen molar-refractivity contribution in [1.82, 2.24) is 0 Å². The maximum atomic E-state index is 12.8. The fraction of sp³-hybridized carbons (Fsp3) is 0.821. The van der Waals surface area contributed by atoms with Crippen molar-refractivity contribution in [3.63, 3.8) is 0 Å². The summed E-state index contributed by atoms with van der Waals surface area (Å²) in [5.41, 5.74) is 0. The molecule has 0 aliphatic heterocycles. The molecular formula is C67H124NO8P. The summed E-state index contributed by atoms with van der Waals surface area (Å²) in [6.45, 7) is 4.12. The largest absolute Gasteiger partial charge is 0.756 e. The van der Waals surface area contributed by atoms with E-state index in [1.165, 1.54) is 199 Å². The summed E-state index contributed by atoms with van der Waals surface area (Å²) < 4.78 is 34.2. The summed E-state index contributed by atoms with van der Waals surface area (Å²) in [5.74, 6) is -0.862. The number of hydrogen-bond acceptors (Lipinski definition) is 8. The second-order valence-electron chi connectivity index (χ2n) is 23.1. The Morgan fingerprint density at radius 1 is 0.416 bits per heavy atom. The number of allylic oxidation sites excluding steroid dienone is 10. The summed E-state index contributed by atoms with van der Waals surface area (Å²) in [6, 6.07) is 0. The number of carbonyl (C=O) groups is 2. The molecule has 2 unspecified atom stereocenters. The van der Waals surface area contributed by atoms with E-state index in [0.29, 0.717) is 17.4 Å². The van der Waals surface area contributed by atoms with Crippen LogP contribution in [-0.4, -0.2) is 70.0 Å². The van der Waals surface area contributed by atoms with E-state index in [-0.39, 0.29) is 32.0 Å². The van der Waals surface area contributed by atoms with E-state index in [0.717, 1.165) is 70.6 Å². The molecule has 2 atom stereocenters. The zero-order chi connectivity index (χ0) is 56.3. The smallest absolute Gasteiger partial charge is 0.306 e. The topological polar surface area (TPSA) is 111 Å². The van der Waals surface area contributed by atoms with E-state index >= 15 is 0 Å². The van der Waals surface area contributed by atoms with Crippen molar-refractivity contribution < 1.29 is 42.1 Å². The number of unbranched alkanes of at least 4 members (excludes halogenated alkanes) is 36. The van der Waals surface area contributed by atoms with Gasteiger partial charge in [0.2, 0.25) is 0 Å². The Balaban J connectivity index is 4.00. The monoisotopic (exact) mass is 1100 g/mol. The third-order valence-electron chi connectivity index (χ3n) is 14.3.